The summed E-state index contributed by atoms with van der Waals surface area (Å²) < 4.78 is 61.3. The topological polar surface area (TPSA) is 87.2 Å². The third-order valence-corrected chi connectivity index (χ3v) is 7.25. The van der Waals surface area contributed by atoms with Crippen molar-refractivity contribution in [2.45, 2.75) is 28.1 Å². The van der Waals surface area contributed by atoms with Crippen LogP contribution in [0.15, 0.2) is 81.4 Å². The predicted molar refractivity (Wildman–Crippen MR) is 119 cm³/mol. The standard InChI is InChI=1S/C22H19F2N3O4S2/c1-30-17-8-6-16(7-9-17)20-25-26-22(27(20)13-18-3-2-12-31-18)32-14-15-4-10-19(11-5-15)33(28,29)21(23)24/h2-12,21H,13-14H2,1H3. The molecule has 2 aromatic heterocycles. The van der Waals surface area contributed by atoms with E-state index in [9.17, 15) is 17.2 Å². The number of aromatic nitrogens is 3. The Kier molecular flexibility index (Phi) is 6.80. The van der Waals surface area contributed by atoms with Gasteiger partial charge in [-0.2, -0.15) is 8.78 Å². The van der Waals surface area contributed by atoms with Crippen molar-refractivity contribution in [2.24, 2.45) is 0 Å². The molecule has 7 nitrogen and oxygen atoms in total. The Morgan fingerprint density at radius 3 is 2.39 bits per heavy atom. The van der Waals surface area contributed by atoms with Crippen LogP contribution in [0.5, 0.6) is 5.75 Å². The molecule has 33 heavy (non-hydrogen) atoms. The van der Waals surface area contributed by atoms with Crippen LogP contribution < -0.4 is 4.74 Å². The number of thioether (sulfide) groups is 1. The molecule has 0 radical (unpaired) electrons. The lowest BCUT2D eigenvalue weighted by Gasteiger charge is -2.10. The Morgan fingerprint density at radius 1 is 1.06 bits per heavy atom. The number of hydrogen-bond acceptors (Lipinski definition) is 7. The molecular formula is C22H19F2N3O4S2. The van der Waals surface area contributed by atoms with Crippen molar-refractivity contribution in [1.29, 1.82) is 0 Å². The van der Waals surface area contributed by atoms with Crippen LogP contribution in [0.4, 0.5) is 8.78 Å². The molecule has 0 aliphatic heterocycles. The van der Waals surface area contributed by atoms with Crippen LogP contribution in [0, 0.1) is 0 Å². The Bertz CT molecular complexity index is 1300. The molecule has 0 bridgehead atoms. The van der Waals surface area contributed by atoms with Crippen molar-refractivity contribution in [3.8, 4) is 17.1 Å². The lowest BCUT2D eigenvalue weighted by molar-refractivity contribution is 0.234. The number of sulfone groups is 1. The zero-order valence-corrected chi connectivity index (χ0v) is 19.0. The van der Waals surface area contributed by atoms with Crippen molar-refractivity contribution < 1.29 is 26.4 Å². The highest BCUT2D eigenvalue weighted by Gasteiger charge is 2.26. The lowest BCUT2D eigenvalue weighted by Crippen LogP contribution is -2.11. The smallest absolute Gasteiger partial charge is 0.341 e. The highest BCUT2D eigenvalue weighted by Crippen LogP contribution is 2.29. The molecular weight excluding hydrogens is 472 g/mol. The van der Waals surface area contributed by atoms with E-state index in [1.807, 2.05) is 34.9 Å². The van der Waals surface area contributed by atoms with Crippen LogP contribution >= 0.6 is 11.8 Å². The van der Waals surface area contributed by atoms with Gasteiger partial charge in [0.1, 0.15) is 11.5 Å². The first-order valence-electron chi connectivity index (χ1n) is 9.72. The first-order valence-corrected chi connectivity index (χ1v) is 12.3. The molecule has 0 spiro atoms. The second-order valence-corrected chi connectivity index (χ2v) is 9.80. The van der Waals surface area contributed by atoms with Gasteiger partial charge in [-0.1, -0.05) is 23.9 Å². The zero-order valence-electron chi connectivity index (χ0n) is 17.4. The number of benzene rings is 2. The van der Waals surface area contributed by atoms with E-state index in [0.29, 0.717) is 23.3 Å². The summed E-state index contributed by atoms with van der Waals surface area (Å²) in [6, 6.07) is 16.5. The summed E-state index contributed by atoms with van der Waals surface area (Å²) in [5, 5.41) is 9.29. The van der Waals surface area contributed by atoms with Crippen molar-refractivity contribution in [3.05, 3.63) is 78.3 Å². The molecule has 4 rings (SSSR count). The number of methoxy groups -OCH3 is 1. The van der Waals surface area contributed by atoms with E-state index in [0.717, 1.165) is 22.6 Å². The first kappa shape index (κ1) is 23.0. The second kappa shape index (κ2) is 9.75. The van der Waals surface area contributed by atoms with Crippen LogP contribution in [0.25, 0.3) is 11.4 Å². The quantitative estimate of drug-likeness (QED) is 0.308. The van der Waals surface area contributed by atoms with E-state index in [4.69, 9.17) is 9.15 Å². The minimum atomic E-state index is -4.61. The molecule has 0 N–H and O–H groups in total. The number of hydrogen-bond donors (Lipinski definition) is 0. The Labute approximate surface area is 193 Å². The van der Waals surface area contributed by atoms with Gasteiger partial charge in [-0.05, 0) is 54.1 Å². The van der Waals surface area contributed by atoms with Crippen LogP contribution in [0.1, 0.15) is 11.3 Å². The molecule has 2 aromatic carbocycles. The minimum Gasteiger partial charge on any atom is -0.497 e. The zero-order chi connectivity index (χ0) is 23.4. The van der Waals surface area contributed by atoms with E-state index in [2.05, 4.69) is 10.2 Å². The largest absolute Gasteiger partial charge is 0.497 e. The van der Waals surface area contributed by atoms with Gasteiger partial charge < -0.3 is 9.15 Å². The maximum absolute atomic E-state index is 12.7. The molecule has 2 heterocycles. The van der Waals surface area contributed by atoms with Crippen LogP contribution in [0.2, 0.25) is 0 Å². The van der Waals surface area contributed by atoms with Gasteiger partial charge >= 0.3 is 5.76 Å². The summed E-state index contributed by atoms with van der Waals surface area (Å²) in [6.07, 6.45) is 1.59. The van der Waals surface area contributed by atoms with Gasteiger partial charge in [0, 0.05) is 11.3 Å². The van der Waals surface area contributed by atoms with Gasteiger partial charge in [0.15, 0.2) is 11.0 Å². The molecule has 4 aromatic rings. The van der Waals surface area contributed by atoms with E-state index in [1.165, 1.54) is 36.0 Å². The highest BCUT2D eigenvalue weighted by molar-refractivity contribution is 7.98. The Balaban J connectivity index is 1.57. The minimum absolute atomic E-state index is 0.408. The van der Waals surface area contributed by atoms with E-state index < -0.39 is 20.5 Å². The Morgan fingerprint density at radius 2 is 1.79 bits per heavy atom. The molecule has 0 atom stereocenters. The van der Waals surface area contributed by atoms with Gasteiger partial charge in [-0.25, -0.2) is 8.42 Å². The lowest BCUT2D eigenvalue weighted by atomic mass is 10.2. The highest BCUT2D eigenvalue weighted by atomic mass is 32.2. The van der Waals surface area contributed by atoms with E-state index >= 15 is 0 Å². The Hall–Kier alpha value is -3.18. The maximum atomic E-state index is 12.7. The van der Waals surface area contributed by atoms with E-state index in [1.54, 1.807) is 19.4 Å². The van der Waals surface area contributed by atoms with Crippen LogP contribution in [-0.2, 0) is 22.1 Å². The molecule has 0 aliphatic carbocycles. The monoisotopic (exact) mass is 491 g/mol. The normalized spacial score (nSPS) is 11.8. The third kappa shape index (κ3) is 5.09. The van der Waals surface area contributed by atoms with E-state index in [-0.39, 0.29) is 0 Å². The number of halogens is 2. The fourth-order valence-corrected chi connectivity index (χ4v) is 4.69. The summed E-state index contributed by atoms with van der Waals surface area (Å²) in [5.74, 6) is -0.909. The van der Waals surface area contributed by atoms with Crippen molar-refractivity contribution in [1.82, 2.24) is 14.8 Å². The molecule has 0 amide bonds. The molecule has 0 fully saturated rings. The number of alkyl halides is 2. The van der Waals surface area contributed by atoms with Crippen molar-refractivity contribution in [2.75, 3.05) is 7.11 Å². The fourth-order valence-electron chi connectivity index (χ4n) is 3.08. The van der Waals surface area contributed by atoms with Gasteiger partial charge in [-0.3, -0.25) is 4.57 Å². The van der Waals surface area contributed by atoms with Gasteiger partial charge in [0.25, 0.3) is 0 Å². The SMILES string of the molecule is COc1ccc(-c2nnc(SCc3ccc(S(=O)(=O)C(F)F)cc3)n2Cc2ccco2)cc1. The van der Waals surface area contributed by atoms with Crippen molar-refractivity contribution >= 4 is 21.6 Å². The molecule has 172 valence electrons. The maximum Gasteiger partial charge on any atom is 0.341 e. The summed E-state index contributed by atoms with van der Waals surface area (Å²) in [7, 11) is -3.02. The predicted octanol–water partition coefficient (Wildman–Crippen LogP) is 4.88. The summed E-state index contributed by atoms with van der Waals surface area (Å²) in [5.41, 5.74) is 1.61. The average Bonchev–Trinajstić information content (AvgIpc) is 3.48. The number of nitrogens with zero attached hydrogens (tertiary/aromatic N) is 3. The van der Waals surface area contributed by atoms with Gasteiger partial charge in [-0.15, -0.1) is 10.2 Å². The third-order valence-electron chi connectivity index (χ3n) is 4.81. The summed E-state index contributed by atoms with van der Waals surface area (Å²) in [4.78, 5) is -0.408. The van der Waals surface area contributed by atoms with Crippen LogP contribution in [-0.4, -0.2) is 36.0 Å². The number of furan rings is 1. The molecule has 0 saturated heterocycles. The summed E-state index contributed by atoms with van der Waals surface area (Å²) >= 11 is 1.39. The molecule has 0 unspecified atom stereocenters. The fraction of sp³-hybridized carbons (Fsp3) is 0.182. The summed E-state index contributed by atoms with van der Waals surface area (Å²) in [6.45, 7) is 0.412. The molecule has 0 aliphatic rings. The molecule has 0 saturated carbocycles. The van der Waals surface area contributed by atoms with Gasteiger partial charge in [0.05, 0.1) is 24.8 Å². The first-order chi connectivity index (χ1) is 15.9. The number of ether oxygens (including phenoxy) is 1. The van der Waals surface area contributed by atoms with Crippen molar-refractivity contribution in [3.63, 3.8) is 0 Å². The number of rotatable bonds is 9. The molecule has 11 heteroatoms. The van der Waals surface area contributed by atoms with Crippen LogP contribution in [0.3, 0.4) is 0 Å². The average molecular weight is 492 g/mol. The second-order valence-electron chi connectivity index (χ2n) is 6.94. The van der Waals surface area contributed by atoms with Gasteiger partial charge in [0.2, 0.25) is 9.84 Å².